The van der Waals surface area contributed by atoms with Crippen LogP contribution in [-0.2, 0) is 7.05 Å². The molecule has 1 atom stereocenters. The molecule has 0 unspecified atom stereocenters. The molecule has 0 amide bonds. The maximum atomic E-state index is 13.2. The van der Waals surface area contributed by atoms with Gasteiger partial charge < -0.3 is 24.9 Å². The van der Waals surface area contributed by atoms with Crippen molar-refractivity contribution in [1.82, 2.24) is 19.3 Å². The maximum Gasteiger partial charge on any atom is 0.293 e. The number of pyridine rings is 1. The van der Waals surface area contributed by atoms with E-state index in [1.807, 2.05) is 0 Å². The van der Waals surface area contributed by atoms with E-state index in [1.165, 1.54) is 13.3 Å². The molecule has 4 rings (SSSR count). The molecule has 188 valence electrons. The number of hydrogen-bond acceptors (Lipinski definition) is 8. The second-order valence-corrected chi connectivity index (χ2v) is 8.87. The van der Waals surface area contributed by atoms with E-state index in [9.17, 15) is 14.7 Å². The fourth-order valence-electron chi connectivity index (χ4n) is 3.79. The van der Waals surface area contributed by atoms with Crippen molar-refractivity contribution in [2.75, 3.05) is 19.0 Å². The topological polar surface area (TPSA) is 132 Å². The van der Waals surface area contributed by atoms with Gasteiger partial charge in [-0.15, -0.1) is 4.73 Å². The van der Waals surface area contributed by atoms with Crippen molar-refractivity contribution in [2.45, 2.75) is 18.9 Å². The lowest BCUT2D eigenvalue weighted by Gasteiger charge is -2.13. The van der Waals surface area contributed by atoms with Gasteiger partial charge in [-0.25, -0.2) is 4.98 Å². The molecule has 0 aliphatic rings. The van der Waals surface area contributed by atoms with Crippen LogP contribution in [0.5, 0.6) is 0 Å². The van der Waals surface area contributed by atoms with Crippen LogP contribution < -0.4 is 15.7 Å². The van der Waals surface area contributed by atoms with Crippen LogP contribution in [0.15, 0.2) is 47.5 Å². The van der Waals surface area contributed by atoms with E-state index in [-0.39, 0.29) is 35.8 Å². The summed E-state index contributed by atoms with van der Waals surface area (Å²) in [4.78, 5) is 39.8. The average Bonchev–Trinajstić information content (AvgIpc) is 3.22. The third-order valence-electron chi connectivity index (χ3n) is 5.58. The van der Waals surface area contributed by atoms with Gasteiger partial charge in [0.25, 0.3) is 5.56 Å². The number of aliphatic hydroxyl groups excluding tert-OH is 2. The molecule has 3 N–H and O–H groups in total. The molecule has 0 fully saturated rings. The van der Waals surface area contributed by atoms with Crippen molar-refractivity contribution in [3.05, 3.63) is 68.8 Å². The summed E-state index contributed by atoms with van der Waals surface area (Å²) in [6.07, 6.45) is 2.52. The van der Waals surface area contributed by atoms with E-state index in [1.54, 1.807) is 48.1 Å². The summed E-state index contributed by atoms with van der Waals surface area (Å²) in [5.74, 6) is -0.00649. The summed E-state index contributed by atoms with van der Waals surface area (Å²) < 4.78 is 2.67. The van der Waals surface area contributed by atoms with Gasteiger partial charge in [0.2, 0.25) is 5.95 Å². The molecular formula is C24H23Cl2N5O5. The normalized spacial score (nSPS) is 12.1. The Morgan fingerprint density at radius 2 is 1.97 bits per heavy atom. The fraction of sp³-hybridized carbons (Fsp3) is 0.250. The first-order valence-electron chi connectivity index (χ1n) is 10.9. The van der Waals surface area contributed by atoms with Gasteiger partial charge in [-0.3, -0.25) is 9.59 Å². The van der Waals surface area contributed by atoms with Gasteiger partial charge in [0.05, 0.1) is 39.7 Å². The Bertz CT molecular complexity index is 1480. The lowest BCUT2D eigenvalue weighted by Crippen LogP contribution is -2.27. The largest absolute Gasteiger partial charge is 0.412 e. The van der Waals surface area contributed by atoms with Crippen LogP contribution in [0.1, 0.15) is 23.3 Å². The van der Waals surface area contributed by atoms with Crippen molar-refractivity contribution in [3.63, 3.8) is 0 Å². The zero-order valence-corrected chi connectivity index (χ0v) is 20.9. The Morgan fingerprint density at radius 1 is 1.25 bits per heavy atom. The number of fused-ring (bicyclic) bond motifs is 1. The fourth-order valence-corrected chi connectivity index (χ4v) is 4.39. The molecule has 0 aliphatic heterocycles. The summed E-state index contributed by atoms with van der Waals surface area (Å²) in [6, 6.07) is 8.20. The Labute approximate surface area is 215 Å². The Kier molecular flexibility index (Phi) is 7.60. The summed E-state index contributed by atoms with van der Waals surface area (Å²) in [7, 11) is 3.06. The standard InChI is InChI=1S/C24H23Cl2N5O5/c1-30-11-14(9-19(30)20(34)7-6-15(33)12-32)28-24-27-10-13-8-16(21-17(25)4-3-5-18(21)26)23(35)31(36-2)22(13)29-24/h3-5,8-11,15,32-33H,6-7,12H2,1-2H3,(H,27,28,29)/t15-/m0/s1. The SMILES string of the molecule is COn1c(=O)c(-c2c(Cl)cccc2Cl)cc2cnc(Nc3cc(C(=O)CC[C@H](O)CO)n(C)c3)nc21. The van der Waals surface area contributed by atoms with Crippen LogP contribution in [-0.4, -0.2) is 55.1 Å². The minimum Gasteiger partial charge on any atom is -0.412 e. The monoisotopic (exact) mass is 531 g/mol. The molecule has 10 nitrogen and oxygen atoms in total. The van der Waals surface area contributed by atoms with Crippen molar-refractivity contribution < 1.29 is 19.8 Å². The average molecular weight is 532 g/mol. The number of Topliss-reactive ketones (excluding diaryl/α,β-unsaturated/α-hetero) is 1. The van der Waals surface area contributed by atoms with E-state index < -0.39 is 18.3 Å². The summed E-state index contributed by atoms with van der Waals surface area (Å²) in [6.45, 7) is -0.397. The second-order valence-electron chi connectivity index (χ2n) is 8.06. The maximum absolute atomic E-state index is 13.2. The number of nitrogens with zero attached hydrogens (tertiary/aromatic N) is 4. The number of rotatable bonds is 9. The number of aryl methyl sites for hydroxylation is 1. The van der Waals surface area contributed by atoms with Gasteiger partial charge in [-0.2, -0.15) is 4.98 Å². The molecule has 4 aromatic rings. The summed E-state index contributed by atoms with van der Waals surface area (Å²) >= 11 is 12.6. The van der Waals surface area contributed by atoms with Gasteiger partial charge in [0.1, 0.15) is 7.11 Å². The van der Waals surface area contributed by atoms with Crippen molar-refractivity contribution in [3.8, 4) is 11.1 Å². The van der Waals surface area contributed by atoms with E-state index in [0.717, 1.165) is 4.73 Å². The molecular weight excluding hydrogens is 509 g/mol. The van der Waals surface area contributed by atoms with Gasteiger partial charge >= 0.3 is 0 Å². The number of hydrogen-bond donors (Lipinski definition) is 3. The number of carbonyl (C=O) groups is 1. The van der Waals surface area contributed by atoms with E-state index in [4.69, 9.17) is 33.1 Å². The minimum absolute atomic E-state index is 0.0867. The van der Waals surface area contributed by atoms with Crippen LogP contribution in [0.4, 0.5) is 11.6 Å². The zero-order chi connectivity index (χ0) is 26.0. The molecule has 0 saturated carbocycles. The van der Waals surface area contributed by atoms with Crippen LogP contribution in [0.3, 0.4) is 0 Å². The molecule has 12 heteroatoms. The Hall–Kier alpha value is -3.44. The molecule has 1 aromatic carbocycles. The van der Waals surface area contributed by atoms with Crippen LogP contribution >= 0.6 is 23.2 Å². The quantitative estimate of drug-likeness (QED) is 0.280. The van der Waals surface area contributed by atoms with Gasteiger partial charge in [0.15, 0.2) is 11.4 Å². The highest BCUT2D eigenvalue weighted by atomic mass is 35.5. The lowest BCUT2D eigenvalue weighted by molar-refractivity contribution is 0.0776. The smallest absolute Gasteiger partial charge is 0.293 e. The Morgan fingerprint density at radius 3 is 2.64 bits per heavy atom. The number of halogens is 2. The van der Waals surface area contributed by atoms with E-state index in [2.05, 4.69) is 15.3 Å². The van der Waals surface area contributed by atoms with Crippen LogP contribution in [0.25, 0.3) is 22.2 Å². The van der Waals surface area contributed by atoms with Crippen LogP contribution in [0, 0.1) is 0 Å². The van der Waals surface area contributed by atoms with Gasteiger partial charge in [-0.1, -0.05) is 29.3 Å². The molecule has 0 saturated heterocycles. The first kappa shape index (κ1) is 25.6. The molecule has 0 aliphatic carbocycles. The number of nitrogens with one attached hydrogen (secondary N) is 1. The zero-order valence-electron chi connectivity index (χ0n) is 19.4. The predicted octanol–water partition coefficient (Wildman–Crippen LogP) is 3.22. The highest BCUT2D eigenvalue weighted by Crippen LogP contribution is 2.33. The van der Waals surface area contributed by atoms with Crippen molar-refractivity contribution in [2.24, 2.45) is 7.05 Å². The van der Waals surface area contributed by atoms with Gasteiger partial charge in [0, 0.05) is 36.8 Å². The Balaban J connectivity index is 1.67. The number of ketones is 1. The third kappa shape index (κ3) is 5.07. The highest BCUT2D eigenvalue weighted by Gasteiger charge is 2.19. The number of benzene rings is 1. The molecule has 36 heavy (non-hydrogen) atoms. The van der Waals surface area contributed by atoms with Crippen LogP contribution in [0.2, 0.25) is 10.0 Å². The minimum atomic E-state index is -0.939. The number of aromatic nitrogens is 4. The first-order chi connectivity index (χ1) is 17.2. The van der Waals surface area contributed by atoms with E-state index >= 15 is 0 Å². The summed E-state index contributed by atoms with van der Waals surface area (Å²) in [5.41, 5.74) is 1.31. The van der Waals surface area contributed by atoms with Crippen molar-refractivity contribution >= 4 is 51.7 Å². The third-order valence-corrected chi connectivity index (χ3v) is 6.21. The molecule has 0 radical (unpaired) electrons. The summed E-state index contributed by atoms with van der Waals surface area (Å²) in [5, 5.41) is 22.6. The lowest BCUT2D eigenvalue weighted by atomic mass is 10.1. The first-order valence-corrected chi connectivity index (χ1v) is 11.7. The number of aliphatic hydroxyl groups is 2. The van der Waals surface area contributed by atoms with Gasteiger partial charge in [-0.05, 0) is 30.7 Å². The molecule has 0 bridgehead atoms. The highest BCUT2D eigenvalue weighted by molar-refractivity contribution is 6.39. The van der Waals surface area contributed by atoms with Crippen molar-refractivity contribution in [1.29, 1.82) is 0 Å². The number of carbonyl (C=O) groups excluding carboxylic acids is 1. The predicted molar refractivity (Wildman–Crippen MR) is 137 cm³/mol. The van der Waals surface area contributed by atoms with E-state index in [0.29, 0.717) is 32.4 Å². The molecule has 3 heterocycles. The second kappa shape index (κ2) is 10.7. The molecule has 3 aromatic heterocycles. The number of anilines is 2. The molecule has 0 spiro atoms.